The molecule has 0 saturated carbocycles. The van der Waals surface area contributed by atoms with Gasteiger partial charge in [0.15, 0.2) is 11.5 Å². The summed E-state index contributed by atoms with van der Waals surface area (Å²) < 4.78 is 7.12. The van der Waals surface area contributed by atoms with Gasteiger partial charge in [-0.3, -0.25) is 4.98 Å². The van der Waals surface area contributed by atoms with Gasteiger partial charge in [0.05, 0.1) is 24.1 Å². The van der Waals surface area contributed by atoms with Gasteiger partial charge in [0.1, 0.15) is 5.75 Å². The molecule has 5 aromatic rings. The molecule has 0 aliphatic rings. The van der Waals surface area contributed by atoms with Crippen molar-refractivity contribution in [1.29, 1.82) is 0 Å². The number of ether oxygens (including phenoxy) is 1. The number of rotatable bonds is 5. The molecular weight excluding hydrogens is 382 g/mol. The highest BCUT2D eigenvalue weighted by Gasteiger charge is 2.11. The molecule has 0 saturated heterocycles. The lowest BCUT2D eigenvalue weighted by atomic mass is 10.1. The first kappa shape index (κ1) is 17.6. The van der Waals surface area contributed by atoms with Crippen molar-refractivity contribution in [2.24, 2.45) is 0 Å². The number of benzene rings is 2. The minimum absolute atomic E-state index is 0.650. The third-order valence-electron chi connectivity index (χ3n) is 4.66. The fourth-order valence-corrected chi connectivity index (χ4v) is 4.13. The minimum Gasteiger partial charge on any atom is -0.497 e. The van der Waals surface area contributed by atoms with Crippen LogP contribution < -0.4 is 4.74 Å². The first-order valence-corrected chi connectivity index (χ1v) is 10.1. The molecule has 7 heteroatoms. The largest absolute Gasteiger partial charge is 0.497 e. The number of methoxy groups -OCH3 is 1. The molecule has 3 aromatic heterocycles. The Kier molecular flexibility index (Phi) is 4.57. The maximum atomic E-state index is 5.30. The number of thioether (sulfide) groups is 1. The van der Waals surface area contributed by atoms with Crippen molar-refractivity contribution in [3.05, 3.63) is 78.8 Å². The van der Waals surface area contributed by atoms with Crippen LogP contribution in [-0.4, -0.2) is 31.9 Å². The second kappa shape index (κ2) is 7.52. The van der Waals surface area contributed by atoms with E-state index in [1.54, 1.807) is 18.9 Å². The molecule has 6 nitrogen and oxygen atoms in total. The van der Waals surface area contributed by atoms with Crippen LogP contribution in [0.1, 0.15) is 5.82 Å². The minimum atomic E-state index is 0.650. The van der Waals surface area contributed by atoms with E-state index in [0.29, 0.717) is 5.75 Å². The van der Waals surface area contributed by atoms with Crippen LogP contribution in [0.3, 0.4) is 0 Å². The summed E-state index contributed by atoms with van der Waals surface area (Å²) in [6.45, 7) is 0. The number of nitrogens with zero attached hydrogens (tertiary/aromatic N) is 5. The third-order valence-corrected chi connectivity index (χ3v) is 5.73. The number of hydrogen-bond acceptors (Lipinski definition) is 6. The SMILES string of the molecule is COc1ccc2c(SCc3nnc4ccc(-c5ccccc5)nn34)ccnc2c1. The lowest BCUT2D eigenvalue weighted by Crippen LogP contribution is -1.99. The summed E-state index contributed by atoms with van der Waals surface area (Å²) in [6, 6.07) is 22.0. The summed E-state index contributed by atoms with van der Waals surface area (Å²) in [5, 5.41) is 14.4. The maximum absolute atomic E-state index is 5.30. The Labute approximate surface area is 171 Å². The Bertz CT molecular complexity index is 1300. The molecule has 0 unspecified atom stereocenters. The molecule has 0 spiro atoms. The second-order valence-corrected chi connectivity index (χ2v) is 7.47. The molecular formula is C22H17N5OS. The first-order valence-electron chi connectivity index (χ1n) is 9.14. The van der Waals surface area contributed by atoms with E-state index in [1.165, 1.54) is 0 Å². The first-order chi connectivity index (χ1) is 14.3. The third kappa shape index (κ3) is 3.40. The highest BCUT2D eigenvalue weighted by Crippen LogP contribution is 2.31. The van der Waals surface area contributed by atoms with E-state index in [-0.39, 0.29) is 0 Å². The van der Waals surface area contributed by atoms with Gasteiger partial charge in [-0.25, -0.2) is 0 Å². The van der Waals surface area contributed by atoms with E-state index in [0.717, 1.165) is 44.3 Å². The second-order valence-electron chi connectivity index (χ2n) is 6.45. The van der Waals surface area contributed by atoms with Gasteiger partial charge in [-0.15, -0.1) is 22.0 Å². The zero-order valence-electron chi connectivity index (χ0n) is 15.7. The number of hydrogen-bond donors (Lipinski definition) is 0. The Hall–Kier alpha value is -3.45. The number of fused-ring (bicyclic) bond motifs is 2. The smallest absolute Gasteiger partial charge is 0.177 e. The predicted octanol–water partition coefficient (Wildman–Crippen LogP) is 4.64. The van der Waals surface area contributed by atoms with E-state index >= 15 is 0 Å². The molecule has 0 aliphatic heterocycles. The van der Waals surface area contributed by atoms with E-state index in [1.807, 2.05) is 77.4 Å². The molecule has 2 aromatic carbocycles. The summed E-state index contributed by atoms with van der Waals surface area (Å²) in [4.78, 5) is 5.58. The van der Waals surface area contributed by atoms with Crippen LogP contribution in [-0.2, 0) is 5.75 Å². The normalized spacial score (nSPS) is 11.2. The molecule has 0 atom stereocenters. The lowest BCUT2D eigenvalue weighted by Gasteiger charge is -2.07. The highest BCUT2D eigenvalue weighted by molar-refractivity contribution is 7.98. The van der Waals surface area contributed by atoms with Crippen LogP contribution in [0.5, 0.6) is 5.75 Å². The monoisotopic (exact) mass is 399 g/mol. The fraction of sp³-hybridized carbons (Fsp3) is 0.0909. The Morgan fingerprint density at radius 2 is 1.86 bits per heavy atom. The van der Waals surface area contributed by atoms with Crippen LogP contribution in [0.25, 0.3) is 27.8 Å². The van der Waals surface area contributed by atoms with Gasteiger partial charge in [-0.1, -0.05) is 30.3 Å². The molecule has 29 heavy (non-hydrogen) atoms. The topological polar surface area (TPSA) is 65.2 Å². The van der Waals surface area contributed by atoms with Crippen LogP contribution in [0, 0.1) is 0 Å². The molecule has 5 rings (SSSR count). The summed E-state index contributed by atoms with van der Waals surface area (Å²) in [6.07, 6.45) is 1.82. The van der Waals surface area contributed by atoms with E-state index in [2.05, 4.69) is 15.2 Å². The van der Waals surface area contributed by atoms with Crippen LogP contribution >= 0.6 is 11.8 Å². The molecule has 0 radical (unpaired) electrons. The molecule has 0 amide bonds. The highest BCUT2D eigenvalue weighted by atomic mass is 32.2. The van der Waals surface area contributed by atoms with Gasteiger partial charge in [-0.2, -0.15) is 9.61 Å². The maximum Gasteiger partial charge on any atom is 0.177 e. The van der Waals surface area contributed by atoms with Crippen LogP contribution in [0.15, 0.2) is 77.8 Å². The van der Waals surface area contributed by atoms with Crippen molar-refractivity contribution in [2.75, 3.05) is 7.11 Å². The van der Waals surface area contributed by atoms with Crippen molar-refractivity contribution in [3.63, 3.8) is 0 Å². The fourth-order valence-electron chi connectivity index (χ4n) is 3.18. The molecule has 3 heterocycles. The Morgan fingerprint density at radius 3 is 2.72 bits per heavy atom. The molecule has 0 bridgehead atoms. The summed E-state index contributed by atoms with van der Waals surface area (Å²) in [5.41, 5.74) is 3.61. The molecule has 0 aliphatic carbocycles. The van der Waals surface area contributed by atoms with Gasteiger partial charge in [0.25, 0.3) is 0 Å². The average molecular weight is 399 g/mol. The van der Waals surface area contributed by atoms with Crippen LogP contribution in [0.4, 0.5) is 0 Å². The number of pyridine rings is 1. The van der Waals surface area contributed by atoms with Crippen molar-refractivity contribution in [1.82, 2.24) is 24.8 Å². The van der Waals surface area contributed by atoms with Gasteiger partial charge < -0.3 is 4.74 Å². The van der Waals surface area contributed by atoms with Gasteiger partial charge in [0.2, 0.25) is 0 Å². The standard InChI is InChI=1S/C22H17N5OS/c1-28-16-7-8-17-19(13-16)23-12-11-20(17)29-14-22-25-24-21-10-9-18(26-27(21)22)15-5-3-2-4-6-15/h2-13H,14H2,1H3. The van der Waals surface area contributed by atoms with Gasteiger partial charge in [-0.05, 0) is 30.3 Å². The molecule has 0 fully saturated rings. The van der Waals surface area contributed by atoms with Crippen molar-refractivity contribution in [3.8, 4) is 17.0 Å². The van der Waals surface area contributed by atoms with Crippen molar-refractivity contribution in [2.45, 2.75) is 10.6 Å². The van der Waals surface area contributed by atoms with E-state index < -0.39 is 0 Å². The summed E-state index contributed by atoms with van der Waals surface area (Å²) in [7, 11) is 1.66. The Balaban J connectivity index is 1.46. The quantitative estimate of drug-likeness (QED) is 0.401. The van der Waals surface area contributed by atoms with Gasteiger partial charge >= 0.3 is 0 Å². The zero-order valence-corrected chi connectivity index (χ0v) is 16.5. The van der Waals surface area contributed by atoms with Crippen molar-refractivity contribution >= 4 is 28.3 Å². The van der Waals surface area contributed by atoms with Gasteiger partial charge in [0, 0.05) is 28.1 Å². The average Bonchev–Trinajstić information content (AvgIpc) is 3.20. The summed E-state index contributed by atoms with van der Waals surface area (Å²) in [5.74, 6) is 2.26. The lowest BCUT2D eigenvalue weighted by molar-refractivity contribution is 0.415. The van der Waals surface area contributed by atoms with E-state index in [9.17, 15) is 0 Å². The Morgan fingerprint density at radius 1 is 0.966 bits per heavy atom. The molecule has 0 N–H and O–H groups in total. The van der Waals surface area contributed by atoms with Crippen LogP contribution in [0.2, 0.25) is 0 Å². The molecule has 142 valence electrons. The zero-order chi connectivity index (χ0) is 19.6. The predicted molar refractivity (Wildman–Crippen MR) is 114 cm³/mol. The van der Waals surface area contributed by atoms with Crippen molar-refractivity contribution < 1.29 is 4.74 Å². The number of aromatic nitrogens is 5. The van der Waals surface area contributed by atoms with E-state index in [4.69, 9.17) is 9.84 Å². The summed E-state index contributed by atoms with van der Waals surface area (Å²) >= 11 is 1.69.